The molecule has 140 valence electrons. The van der Waals surface area contributed by atoms with E-state index in [1.807, 2.05) is 0 Å². The van der Waals surface area contributed by atoms with Gasteiger partial charge in [-0.05, 0) is 0 Å². The Morgan fingerprint density at radius 1 is 0.875 bits per heavy atom. The topological polar surface area (TPSA) is 171 Å². The Hall–Kier alpha value is -1.21. The summed E-state index contributed by atoms with van der Waals surface area (Å²) in [6.45, 7) is 0.0973. The van der Waals surface area contributed by atoms with Crippen LogP contribution < -0.4 is 0 Å². The fourth-order valence-electron chi connectivity index (χ4n) is 1.33. The van der Waals surface area contributed by atoms with Crippen LogP contribution in [-0.4, -0.2) is 93.6 Å². The largest absolute Gasteiger partial charge is 0.549 e. The van der Waals surface area contributed by atoms with E-state index in [1.165, 1.54) is 0 Å². The molecular formula is C13H24O10Si. The molecule has 0 radical (unpaired) electrons. The van der Waals surface area contributed by atoms with Crippen molar-refractivity contribution in [3.63, 3.8) is 0 Å². The lowest BCUT2D eigenvalue weighted by atomic mass is 9.90. The van der Waals surface area contributed by atoms with Crippen LogP contribution in [0.15, 0.2) is 12.7 Å². The lowest BCUT2D eigenvalue weighted by Gasteiger charge is -2.32. The molecule has 5 N–H and O–H groups in total. The van der Waals surface area contributed by atoms with Gasteiger partial charge < -0.3 is 35.0 Å². The highest BCUT2D eigenvalue weighted by Crippen LogP contribution is 2.21. The van der Waals surface area contributed by atoms with Crippen molar-refractivity contribution in [2.24, 2.45) is 10.8 Å². The van der Waals surface area contributed by atoms with Gasteiger partial charge in [0.15, 0.2) is 0 Å². The minimum atomic E-state index is -1.42. The molecule has 0 aromatic heterocycles. The number of ether oxygens (including phenoxy) is 2. The Kier molecular flexibility index (Phi) is 14.8. The molecule has 0 rings (SSSR count). The van der Waals surface area contributed by atoms with Crippen LogP contribution >= 0.6 is 0 Å². The standard InChI is InChI=1S/C13H24O8.O2Si/c1-2-11(19)21-10-13(6-17,7-18)9-20-8-12(3-14,4-15)5-16;1-3-2/h2,14-18H,1,3-10H2;. The van der Waals surface area contributed by atoms with Crippen LogP contribution in [0.1, 0.15) is 0 Å². The van der Waals surface area contributed by atoms with Gasteiger partial charge in [0.2, 0.25) is 0 Å². The number of rotatable bonds is 12. The van der Waals surface area contributed by atoms with Crippen molar-refractivity contribution < 1.29 is 48.7 Å². The van der Waals surface area contributed by atoms with Crippen LogP contribution in [0.5, 0.6) is 0 Å². The van der Waals surface area contributed by atoms with Gasteiger partial charge in [0.05, 0.1) is 57.1 Å². The molecule has 0 aliphatic heterocycles. The average Bonchev–Trinajstić information content (AvgIpc) is 2.62. The Morgan fingerprint density at radius 2 is 1.25 bits per heavy atom. The van der Waals surface area contributed by atoms with Crippen LogP contribution in [0.3, 0.4) is 0 Å². The molecule has 0 aromatic carbocycles. The molecule has 0 bridgehead atoms. The van der Waals surface area contributed by atoms with E-state index >= 15 is 0 Å². The van der Waals surface area contributed by atoms with Gasteiger partial charge in [0.25, 0.3) is 0 Å². The second-order valence-corrected chi connectivity index (χ2v) is 5.35. The molecule has 11 heteroatoms. The molecule has 0 fully saturated rings. The predicted octanol–water partition coefficient (Wildman–Crippen LogP) is -2.95. The summed E-state index contributed by atoms with van der Waals surface area (Å²) in [6, 6.07) is 0. The highest BCUT2D eigenvalue weighted by molar-refractivity contribution is 5.94. The van der Waals surface area contributed by atoms with Crippen LogP contribution in [0.4, 0.5) is 0 Å². The third-order valence-corrected chi connectivity index (χ3v) is 3.18. The van der Waals surface area contributed by atoms with E-state index in [4.69, 9.17) is 33.7 Å². The van der Waals surface area contributed by atoms with E-state index in [1.54, 1.807) is 0 Å². The summed E-state index contributed by atoms with van der Waals surface area (Å²) in [7, 11) is -1.42. The van der Waals surface area contributed by atoms with Crippen LogP contribution in [0.2, 0.25) is 0 Å². The fourth-order valence-corrected chi connectivity index (χ4v) is 1.33. The van der Waals surface area contributed by atoms with Gasteiger partial charge in [-0.1, -0.05) is 6.58 Å². The van der Waals surface area contributed by atoms with E-state index in [0.29, 0.717) is 0 Å². The summed E-state index contributed by atoms with van der Waals surface area (Å²) < 4.78 is 26.9. The maximum absolute atomic E-state index is 11.0. The van der Waals surface area contributed by atoms with Gasteiger partial charge in [-0.25, -0.2) is 4.79 Å². The highest BCUT2D eigenvalue weighted by Gasteiger charge is 2.34. The minimum absolute atomic E-state index is 0.187. The molecular weight excluding hydrogens is 344 g/mol. The molecule has 0 unspecified atom stereocenters. The summed E-state index contributed by atoms with van der Waals surface area (Å²) in [4.78, 5) is 11.0. The second kappa shape index (κ2) is 14.2. The summed E-state index contributed by atoms with van der Waals surface area (Å²) in [5.41, 5.74) is -2.43. The zero-order valence-electron chi connectivity index (χ0n) is 13.2. The van der Waals surface area contributed by atoms with Gasteiger partial charge in [-0.15, -0.1) is 0 Å². The Labute approximate surface area is 141 Å². The van der Waals surface area contributed by atoms with E-state index in [9.17, 15) is 15.0 Å². The Bertz CT molecular complexity index is 378. The summed E-state index contributed by atoms with van der Waals surface area (Å²) in [5, 5.41) is 46.2. The van der Waals surface area contributed by atoms with E-state index in [2.05, 4.69) is 6.58 Å². The molecule has 0 aliphatic rings. The van der Waals surface area contributed by atoms with Gasteiger partial charge in [-0.2, -0.15) is 0 Å². The smallest absolute Gasteiger partial charge is 0.462 e. The summed E-state index contributed by atoms with van der Waals surface area (Å²) in [6.07, 6.45) is 0.953. The third kappa shape index (κ3) is 9.17. The monoisotopic (exact) mass is 368 g/mol. The molecule has 0 atom stereocenters. The molecule has 0 heterocycles. The maximum Gasteiger partial charge on any atom is 0.549 e. The first kappa shape index (κ1) is 25.0. The fraction of sp³-hybridized carbons (Fsp3) is 0.769. The van der Waals surface area contributed by atoms with Crippen LogP contribution in [0, 0.1) is 10.8 Å². The minimum Gasteiger partial charge on any atom is -0.462 e. The Morgan fingerprint density at radius 3 is 1.58 bits per heavy atom. The second-order valence-electron chi connectivity index (χ2n) is 5.18. The predicted molar refractivity (Wildman–Crippen MR) is 79.4 cm³/mol. The van der Waals surface area contributed by atoms with Gasteiger partial charge in [-0.3, -0.25) is 8.92 Å². The molecule has 0 aromatic rings. The maximum atomic E-state index is 11.0. The number of aliphatic hydroxyl groups is 5. The first-order valence-electron chi connectivity index (χ1n) is 6.79. The number of aliphatic hydroxyl groups excluding tert-OH is 5. The molecule has 0 saturated heterocycles. The van der Waals surface area contributed by atoms with Crippen molar-refractivity contribution in [3.8, 4) is 0 Å². The van der Waals surface area contributed by atoms with Crippen LogP contribution in [-0.2, 0) is 23.2 Å². The third-order valence-electron chi connectivity index (χ3n) is 3.18. The van der Waals surface area contributed by atoms with Crippen molar-refractivity contribution in [3.05, 3.63) is 12.7 Å². The number of esters is 1. The zero-order valence-corrected chi connectivity index (χ0v) is 14.2. The van der Waals surface area contributed by atoms with E-state index < -0.39 is 59.1 Å². The average molecular weight is 368 g/mol. The number of hydrogen-bond donors (Lipinski definition) is 5. The van der Waals surface area contributed by atoms with E-state index in [0.717, 1.165) is 6.08 Å². The van der Waals surface area contributed by atoms with Gasteiger partial charge >= 0.3 is 15.3 Å². The van der Waals surface area contributed by atoms with Crippen LogP contribution in [0.25, 0.3) is 0 Å². The Balaban J connectivity index is 0. The first-order chi connectivity index (χ1) is 11.4. The first-order valence-corrected chi connectivity index (χ1v) is 7.61. The molecule has 0 saturated carbocycles. The quantitative estimate of drug-likeness (QED) is 0.136. The highest BCUT2D eigenvalue weighted by atomic mass is 28.2. The lowest BCUT2D eigenvalue weighted by molar-refractivity contribution is -0.149. The number of carbonyl (C=O) groups excluding carboxylic acids is 1. The number of carbonyl (C=O) groups is 1. The van der Waals surface area contributed by atoms with Gasteiger partial charge in [0.1, 0.15) is 6.61 Å². The summed E-state index contributed by atoms with van der Waals surface area (Å²) in [5.74, 6) is -0.698. The molecule has 10 nitrogen and oxygen atoms in total. The normalized spacial score (nSPS) is 11.0. The van der Waals surface area contributed by atoms with Crippen molar-refractivity contribution in [1.82, 2.24) is 0 Å². The molecule has 0 amide bonds. The van der Waals surface area contributed by atoms with Crippen molar-refractivity contribution in [2.45, 2.75) is 0 Å². The molecule has 24 heavy (non-hydrogen) atoms. The zero-order chi connectivity index (χ0) is 19.1. The van der Waals surface area contributed by atoms with Crippen molar-refractivity contribution in [1.29, 1.82) is 0 Å². The molecule has 0 spiro atoms. The lowest BCUT2D eigenvalue weighted by Crippen LogP contribution is -2.44. The van der Waals surface area contributed by atoms with E-state index in [-0.39, 0.29) is 19.8 Å². The van der Waals surface area contributed by atoms with Crippen molar-refractivity contribution in [2.75, 3.05) is 52.9 Å². The molecule has 0 aliphatic carbocycles. The van der Waals surface area contributed by atoms with Gasteiger partial charge in [0, 0.05) is 6.08 Å². The summed E-state index contributed by atoms with van der Waals surface area (Å²) >= 11 is 0. The van der Waals surface area contributed by atoms with Crippen molar-refractivity contribution >= 4 is 15.3 Å². The SMILES string of the molecule is C=CC(=O)OCC(CO)(CO)COCC(CO)(CO)CO.O=[Si]=O. The number of hydrogen-bond acceptors (Lipinski definition) is 10.